The zero-order chi connectivity index (χ0) is 15.5. The highest BCUT2D eigenvalue weighted by Gasteiger charge is 2.26. The molecule has 1 aromatic carbocycles. The summed E-state index contributed by atoms with van der Waals surface area (Å²) < 4.78 is 23.4. The Kier molecular flexibility index (Phi) is 4.56. The van der Waals surface area contributed by atoms with E-state index in [9.17, 15) is 28.1 Å². The fraction of sp³-hybridized carbons (Fsp3) is 0.273. The Bertz CT molecular complexity index is 650. The molecule has 20 heavy (non-hydrogen) atoms. The highest BCUT2D eigenvalue weighted by atomic mass is 32.2. The lowest BCUT2D eigenvalue weighted by Crippen LogP contribution is -2.39. The molecule has 0 aromatic heterocycles. The normalized spacial score (nSPS) is 10.9. The van der Waals surface area contributed by atoms with E-state index in [1.807, 2.05) is 0 Å². The van der Waals surface area contributed by atoms with Crippen LogP contribution in [0.2, 0.25) is 0 Å². The largest absolute Gasteiger partial charge is 0.298 e. The first-order chi connectivity index (χ1) is 9.12. The van der Waals surface area contributed by atoms with Crippen molar-refractivity contribution in [2.24, 2.45) is 0 Å². The van der Waals surface area contributed by atoms with Gasteiger partial charge in [-0.2, -0.15) is 0 Å². The summed E-state index contributed by atoms with van der Waals surface area (Å²) in [5, 5.41) is 10.5. The zero-order valence-corrected chi connectivity index (χ0v) is 11.6. The molecule has 0 aliphatic rings. The first kappa shape index (κ1) is 15.8. The molecule has 0 fully saturated rings. The van der Waals surface area contributed by atoms with E-state index in [1.165, 1.54) is 0 Å². The highest BCUT2D eigenvalue weighted by molar-refractivity contribution is 7.88. The number of nitro groups is 1. The Morgan fingerprint density at radius 1 is 1.25 bits per heavy atom. The van der Waals surface area contributed by atoms with Crippen LogP contribution in [0.5, 0.6) is 0 Å². The third kappa shape index (κ3) is 3.85. The van der Waals surface area contributed by atoms with Crippen molar-refractivity contribution in [3.05, 3.63) is 39.9 Å². The van der Waals surface area contributed by atoms with Gasteiger partial charge in [0, 0.05) is 17.7 Å². The predicted octanol–water partition coefficient (Wildman–Crippen LogP) is 0.586. The predicted molar refractivity (Wildman–Crippen MR) is 69.7 cm³/mol. The number of amides is 1. The van der Waals surface area contributed by atoms with Gasteiger partial charge in [-0.1, -0.05) is 0 Å². The molecule has 0 heterocycles. The number of nitro benzene ring substituents is 1. The van der Waals surface area contributed by atoms with Gasteiger partial charge in [0.2, 0.25) is 10.0 Å². The molecule has 0 atom stereocenters. The number of hydrogen-bond acceptors (Lipinski definition) is 6. The van der Waals surface area contributed by atoms with Gasteiger partial charge in [-0.15, -0.1) is 0 Å². The second-order valence-electron chi connectivity index (χ2n) is 4.08. The van der Waals surface area contributed by atoms with Crippen LogP contribution in [-0.4, -0.2) is 42.1 Å². The SMILES string of the molecule is CC(=O)CN(C(=O)c1ccc([N+](=O)[O-])cc1)S(C)(=O)=O. The van der Waals surface area contributed by atoms with E-state index in [0.29, 0.717) is 4.31 Å². The molecule has 0 aliphatic carbocycles. The van der Waals surface area contributed by atoms with Crippen LogP contribution in [0.3, 0.4) is 0 Å². The second-order valence-corrected chi connectivity index (χ2v) is 5.99. The zero-order valence-electron chi connectivity index (χ0n) is 10.8. The molecule has 108 valence electrons. The number of rotatable bonds is 5. The molecule has 0 saturated heterocycles. The number of carbonyl (C=O) groups is 2. The Morgan fingerprint density at radius 3 is 2.10 bits per heavy atom. The van der Waals surface area contributed by atoms with E-state index in [-0.39, 0.29) is 11.3 Å². The van der Waals surface area contributed by atoms with Crippen molar-refractivity contribution in [2.75, 3.05) is 12.8 Å². The van der Waals surface area contributed by atoms with Gasteiger partial charge in [0.25, 0.3) is 11.6 Å². The standard InChI is InChI=1S/C11H12N2O6S/c1-8(14)7-12(20(2,18)19)11(15)9-3-5-10(6-4-9)13(16)17/h3-6H,7H2,1-2H3. The van der Waals surface area contributed by atoms with Crippen LogP contribution < -0.4 is 0 Å². The van der Waals surface area contributed by atoms with Crippen LogP contribution in [0.25, 0.3) is 0 Å². The van der Waals surface area contributed by atoms with E-state index in [2.05, 4.69) is 0 Å². The van der Waals surface area contributed by atoms with E-state index >= 15 is 0 Å². The first-order valence-corrected chi connectivity index (χ1v) is 7.23. The molecule has 1 amide bonds. The smallest absolute Gasteiger partial charge is 0.269 e. The molecule has 0 bridgehead atoms. The Hall–Kier alpha value is -2.29. The number of hydrogen-bond donors (Lipinski definition) is 0. The van der Waals surface area contributed by atoms with Crippen molar-refractivity contribution in [2.45, 2.75) is 6.92 Å². The average molecular weight is 300 g/mol. The topological polar surface area (TPSA) is 115 Å². The molecule has 8 nitrogen and oxygen atoms in total. The molecule has 0 spiro atoms. The summed E-state index contributed by atoms with van der Waals surface area (Å²) in [6.07, 6.45) is 0.805. The van der Waals surface area contributed by atoms with Gasteiger partial charge >= 0.3 is 0 Å². The maximum Gasteiger partial charge on any atom is 0.269 e. The number of nitrogens with zero attached hydrogens (tertiary/aromatic N) is 2. The van der Waals surface area contributed by atoms with Gasteiger partial charge in [0.15, 0.2) is 0 Å². The first-order valence-electron chi connectivity index (χ1n) is 5.39. The quantitative estimate of drug-likeness (QED) is 0.580. The van der Waals surface area contributed by atoms with Gasteiger partial charge in [-0.25, -0.2) is 12.7 Å². The molecule has 0 unspecified atom stereocenters. The van der Waals surface area contributed by atoms with Crippen LogP contribution in [0.4, 0.5) is 5.69 Å². The van der Waals surface area contributed by atoms with Gasteiger partial charge < -0.3 is 0 Å². The number of Topliss-reactive ketones (excluding diaryl/α,β-unsaturated/α-hetero) is 1. The van der Waals surface area contributed by atoms with Crippen molar-refractivity contribution in [1.29, 1.82) is 0 Å². The molecular weight excluding hydrogens is 288 g/mol. The fourth-order valence-corrected chi connectivity index (χ4v) is 2.23. The summed E-state index contributed by atoms with van der Waals surface area (Å²) in [6, 6.07) is 4.44. The Labute approximate surface area is 115 Å². The third-order valence-corrected chi connectivity index (χ3v) is 3.41. The number of benzene rings is 1. The van der Waals surface area contributed by atoms with Crippen molar-refractivity contribution in [1.82, 2.24) is 4.31 Å². The van der Waals surface area contributed by atoms with Crippen LogP contribution in [0.15, 0.2) is 24.3 Å². The molecule has 1 rings (SSSR count). The monoisotopic (exact) mass is 300 g/mol. The number of sulfonamides is 1. The van der Waals surface area contributed by atoms with E-state index in [0.717, 1.165) is 37.4 Å². The summed E-state index contributed by atoms with van der Waals surface area (Å²) in [5.41, 5.74) is -0.277. The minimum atomic E-state index is -3.90. The molecule has 0 saturated carbocycles. The van der Waals surface area contributed by atoms with E-state index in [4.69, 9.17) is 0 Å². The molecule has 0 N–H and O–H groups in total. The molecule has 1 aromatic rings. The molecule has 9 heteroatoms. The number of carbonyl (C=O) groups excluding carboxylic acids is 2. The summed E-state index contributed by atoms with van der Waals surface area (Å²) in [4.78, 5) is 32.9. The lowest BCUT2D eigenvalue weighted by atomic mass is 10.2. The summed E-state index contributed by atoms with van der Waals surface area (Å²) in [5.74, 6) is -1.40. The fourth-order valence-electron chi connectivity index (χ4n) is 1.41. The van der Waals surface area contributed by atoms with Crippen molar-refractivity contribution >= 4 is 27.4 Å². The maximum atomic E-state index is 12.0. The summed E-state index contributed by atoms with van der Waals surface area (Å²) in [6.45, 7) is 0.579. The van der Waals surface area contributed by atoms with Crippen molar-refractivity contribution in [3.63, 3.8) is 0 Å². The third-order valence-electron chi connectivity index (χ3n) is 2.32. The molecular formula is C11H12N2O6S. The van der Waals surface area contributed by atoms with Gasteiger partial charge in [0.1, 0.15) is 5.78 Å². The van der Waals surface area contributed by atoms with Crippen molar-refractivity contribution < 1.29 is 22.9 Å². The molecule has 0 radical (unpaired) electrons. The second kappa shape index (κ2) is 5.78. The van der Waals surface area contributed by atoms with Crippen LogP contribution in [0.1, 0.15) is 17.3 Å². The summed E-state index contributed by atoms with van der Waals surface area (Å²) >= 11 is 0. The Balaban J connectivity index is 3.12. The van der Waals surface area contributed by atoms with Gasteiger partial charge in [-0.3, -0.25) is 19.7 Å². The van der Waals surface area contributed by atoms with Crippen LogP contribution >= 0.6 is 0 Å². The number of ketones is 1. The Morgan fingerprint density at radius 2 is 1.75 bits per heavy atom. The minimum Gasteiger partial charge on any atom is -0.298 e. The maximum absolute atomic E-state index is 12.0. The lowest BCUT2D eigenvalue weighted by Gasteiger charge is -2.18. The summed E-state index contributed by atoms with van der Waals surface area (Å²) in [7, 11) is -3.90. The lowest BCUT2D eigenvalue weighted by molar-refractivity contribution is -0.384. The average Bonchev–Trinajstić information content (AvgIpc) is 2.33. The van der Waals surface area contributed by atoms with E-state index in [1.54, 1.807) is 0 Å². The molecule has 0 aliphatic heterocycles. The minimum absolute atomic E-state index is 0.0534. The van der Waals surface area contributed by atoms with Crippen LogP contribution in [0, 0.1) is 10.1 Å². The van der Waals surface area contributed by atoms with Crippen molar-refractivity contribution in [3.8, 4) is 0 Å². The van der Waals surface area contributed by atoms with Crippen LogP contribution in [-0.2, 0) is 14.8 Å². The number of non-ortho nitro benzene ring substituents is 1. The van der Waals surface area contributed by atoms with Gasteiger partial charge in [-0.05, 0) is 19.1 Å². The highest BCUT2D eigenvalue weighted by Crippen LogP contribution is 2.14. The van der Waals surface area contributed by atoms with E-state index < -0.39 is 33.2 Å². The van der Waals surface area contributed by atoms with Gasteiger partial charge in [0.05, 0.1) is 17.7 Å².